The average Bonchev–Trinajstić information content (AvgIpc) is 2.55. The van der Waals surface area contributed by atoms with Crippen LogP contribution in [-0.2, 0) is 9.59 Å². The van der Waals surface area contributed by atoms with Crippen LogP contribution in [0.1, 0.15) is 0 Å². The van der Waals surface area contributed by atoms with Crippen LogP contribution >= 0.6 is 0 Å². The Balaban J connectivity index is 1.65. The lowest BCUT2D eigenvalue weighted by atomic mass is 10.3. The van der Waals surface area contributed by atoms with Gasteiger partial charge < -0.3 is 10.6 Å². The molecule has 0 saturated carbocycles. The normalized spacial score (nSPS) is 16.4. The summed E-state index contributed by atoms with van der Waals surface area (Å²) in [7, 11) is 0. The summed E-state index contributed by atoms with van der Waals surface area (Å²) in [6.07, 6.45) is -4.40. The van der Waals surface area contributed by atoms with Crippen LogP contribution in [0.25, 0.3) is 0 Å². The van der Waals surface area contributed by atoms with Gasteiger partial charge in [-0.2, -0.15) is 13.2 Å². The SMILES string of the molecule is O=C(CN1CCN(CC(=O)Nc2ccccc2)CC1)NCC(F)(F)F. The molecule has 1 aliphatic rings. The first-order valence-electron chi connectivity index (χ1n) is 7.95. The number of halogens is 3. The van der Waals surface area contributed by atoms with E-state index in [2.05, 4.69) is 5.32 Å². The summed E-state index contributed by atoms with van der Waals surface area (Å²) in [5.41, 5.74) is 0.729. The van der Waals surface area contributed by atoms with Gasteiger partial charge in [0.05, 0.1) is 13.1 Å². The fraction of sp³-hybridized carbons (Fsp3) is 0.500. The topological polar surface area (TPSA) is 64.7 Å². The number of alkyl halides is 3. The first kappa shape index (κ1) is 19.2. The highest BCUT2D eigenvalue weighted by Crippen LogP contribution is 2.12. The Morgan fingerprint density at radius 1 is 0.920 bits per heavy atom. The first-order valence-corrected chi connectivity index (χ1v) is 7.95. The largest absolute Gasteiger partial charge is 0.405 e. The van der Waals surface area contributed by atoms with Crippen molar-refractivity contribution < 1.29 is 22.8 Å². The van der Waals surface area contributed by atoms with Crippen molar-refractivity contribution in [3.8, 4) is 0 Å². The molecule has 9 heteroatoms. The third kappa shape index (κ3) is 7.53. The lowest BCUT2D eigenvalue weighted by Crippen LogP contribution is -2.51. The molecular formula is C16H21F3N4O2. The minimum Gasteiger partial charge on any atom is -0.346 e. The second kappa shape index (κ2) is 8.82. The number of carbonyl (C=O) groups is 2. The molecule has 1 heterocycles. The zero-order chi connectivity index (χ0) is 18.3. The molecule has 1 aromatic carbocycles. The van der Waals surface area contributed by atoms with Gasteiger partial charge in [0.2, 0.25) is 11.8 Å². The lowest BCUT2D eigenvalue weighted by molar-refractivity contribution is -0.139. The fourth-order valence-corrected chi connectivity index (χ4v) is 2.49. The molecule has 0 atom stereocenters. The minimum absolute atomic E-state index is 0.0693. The Morgan fingerprint density at radius 3 is 1.96 bits per heavy atom. The molecule has 1 aromatic rings. The average molecular weight is 358 g/mol. The number of amides is 2. The van der Waals surface area contributed by atoms with E-state index in [1.165, 1.54) is 0 Å². The monoisotopic (exact) mass is 358 g/mol. The summed E-state index contributed by atoms with van der Waals surface area (Å²) in [5, 5.41) is 4.66. The van der Waals surface area contributed by atoms with Crippen molar-refractivity contribution in [2.24, 2.45) is 0 Å². The number of piperazine rings is 1. The van der Waals surface area contributed by atoms with Gasteiger partial charge in [0.15, 0.2) is 0 Å². The Morgan fingerprint density at radius 2 is 1.44 bits per heavy atom. The van der Waals surface area contributed by atoms with Gasteiger partial charge in [-0.05, 0) is 12.1 Å². The molecule has 138 valence electrons. The van der Waals surface area contributed by atoms with Crippen LogP contribution in [0, 0.1) is 0 Å². The summed E-state index contributed by atoms with van der Waals surface area (Å²) in [6.45, 7) is 1.06. The second-order valence-corrected chi connectivity index (χ2v) is 5.86. The minimum atomic E-state index is -4.40. The first-order chi connectivity index (χ1) is 11.8. The van der Waals surface area contributed by atoms with Crippen molar-refractivity contribution >= 4 is 17.5 Å². The highest BCUT2D eigenvalue weighted by atomic mass is 19.4. The predicted molar refractivity (Wildman–Crippen MR) is 87.0 cm³/mol. The van der Waals surface area contributed by atoms with Crippen LogP contribution in [0.5, 0.6) is 0 Å². The number of benzene rings is 1. The molecule has 0 bridgehead atoms. The van der Waals surface area contributed by atoms with Crippen molar-refractivity contribution in [1.29, 1.82) is 0 Å². The molecule has 6 nitrogen and oxygen atoms in total. The van der Waals surface area contributed by atoms with E-state index in [0.29, 0.717) is 26.2 Å². The molecule has 0 aliphatic carbocycles. The summed E-state index contributed by atoms with van der Waals surface area (Å²) in [5.74, 6) is -0.768. The number of anilines is 1. The van der Waals surface area contributed by atoms with Crippen LogP contribution in [0.4, 0.5) is 18.9 Å². The van der Waals surface area contributed by atoms with Gasteiger partial charge in [-0.15, -0.1) is 0 Å². The van der Waals surface area contributed by atoms with Crippen molar-refractivity contribution in [2.75, 3.05) is 51.1 Å². The van der Waals surface area contributed by atoms with Gasteiger partial charge in [-0.25, -0.2) is 0 Å². The van der Waals surface area contributed by atoms with Crippen molar-refractivity contribution in [2.45, 2.75) is 6.18 Å². The van der Waals surface area contributed by atoms with Gasteiger partial charge in [0.25, 0.3) is 0 Å². The van der Waals surface area contributed by atoms with Gasteiger partial charge in [0, 0.05) is 31.9 Å². The highest BCUT2D eigenvalue weighted by molar-refractivity contribution is 5.92. The number of hydrogen-bond acceptors (Lipinski definition) is 4. The number of hydrogen-bond donors (Lipinski definition) is 2. The summed E-state index contributed by atoms with van der Waals surface area (Å²) >= 11 is 0. The standard InChI is InChI=1S/C16H21F3N4O2/c17-16(18,19)12-20-14(24)10-22-6-8-23(9-7-22)11-15(25)21-13-4-2-1-3-5-13/h1-5H,6-12H2,(H,20,24)(H,21,25). The van der Waals surface area contributed by atoms with E-state index >= 15 is 0 Å². The molecule has 1 aliphatic heterocycles. The van der Waals surface area contributed by atoms with Gasteiger partial charge in [0.1, 0.15) is 6.54 Å². The quantitative estimate of drug-likeness (QED) is 0.794. The maximum absolute atomic E-state index is 12.1. The molecule has 25 heavy (non-hydrogen) atoms. The molecule has 2 rings (SSSR count). The molecular weight excluding hydrogens is 337 g/mol. The zero-order valence-corrected chi connectivity index (χ0v) is 13.7. The molecule has 0 aromatic heterocycles. The molecule has 1 saturated heterocycles. The van der Waals surface area contributed by atoms with E-state index in [9.17, 15) is 22.8 Å². The van der Waals surface area contributed by atoms with Crippen LogP contribution < -0.4 is 10.6 Å². The number of nitrogens with one attached hydrogen (secondary N) is 2. The summed E-state index contributed by atoms with van der Waals surface area (Å²) < 4.78 is 36.2. The Kier molecular flexibility index (Phi) is 6.77. The van der Waals surface area contributed by atoms with Crippen molar-refractivity contribution in [3.05, 3.63) is 30.3 Å². The fourth-order valence-electron chi connectivity index (χ4n) is 2.49. The van der Waals surface area contributed by atoms with E-state index < -0.39 is 18.6 Å². The van der Waals surface area contributed by atoms with Gasteiger partial charge in [-0.3, -0.25) is 19.4 Å². The number of para-hydroxylation sites is 1. The molecule has 0 spiro atoms. The molecule has 2 amide bonds. The van der Waals surface area contributed by atoms with E-state index in [0.717, 1.165) is 5.69 Å². The van der Waals surface area contributed by atoms with E-state index in [4.69, 9.17) is 0 Å². The smallest absolute Gasteiger partial charge is 0.346 e. The van der Waals surface area contributed by atoms with Crippen molar-refractivity contribution in [3.63, 3.8) is 0 Å². The third-order valence-corrected chi connectivity index (χ3v) is 3.74. The Hall–Kier alpha value is -2.13. The maximum Gasteiger partial charge on any atom is 0.405 e. The molecule has 0 radical (unpaired) electrons. The maximum atomic E-state index is 12.1. The Bertz CT molecular complexity index is 572. The van der Waals surface area contributed by atoms with Crippen LogP contribution in [0.2, 0.25) is 0 Å². The lowest BCUT2D eigenvalue weighted by Gasteiger charge is -2.33. The highest BCUT2D eigenvalue weighted by Gasteiger charge is 2.28. The number of nitrogens with zero attached hydrogens (tertiary/aromatic N) is 2. The predicted octanol–water partition coefficient (Wildman–Crippen LogP) is 0.921. The van der Waals surface area contributed by atoms with E-state index in [-0.39, 0.29) is 19.0 Å². The van der Waals surface area contributed by atoms with Crippen LogP contribution in [-0.4, -0.2) is 73.6 Å². The van der Waals surface area contributed by atoms with Crippen LogP contribution in [0.3, 0.4) is 0 Å². The Labute approximate surface area is 144 Å². The number of carbonyl (C=O) groups excluding carboxylic acids is 2. The van der Waals surface area contributed by atoms with Gasteiger partial charge in [-0.1, -0.05) is 18.2 Å². The van der Waals surface area contributed by atoms with E-state index in [1.54, 1.807) is 17.0 Å². The third-order valence-electron chi connectivity index (χ3n) is 3.74. The molecule has 1 fully saturated rings. The summed E-state index contributed by atoms with van der Waals surface area (Å²) in [6, 6.07) is 9.13. The van der Waals surface area contributed by atoms with Gasteiger partial charge >= 0.3 is 6.18 Å². The van der Waals surface area contributed by atoms with E-state index in [1.807, 2.05) is 28.4 Å². The van der Waals surface area contributed by atoms with Crippen LogP contribution in [0.15, 0.2) is 30.3 Å². The summed E-state index contributed by atoms with van der Waals surface area (Å²) in [4.78, 5) is 27.2. The zero-order valence-electron chi connectivity index (χ0n) is 13.7. The second-order valence-electron chi connectivity index (χ2n) is 5.86. The molecule has 0 unspecified atom stereocenters. The number of rotatable bonds is 6. The molecule has 2 N–H and O–H groups in total. The van der Waals surface area contributed by atoms with Crippen molar-refractivity contribution in [1.82, 2.24) is 15.1 Å².